The molecule has 1 aromatic carbocycles. The average molecular weight is 464 g/mol. The number of aromatic nitrogens is 2. The number of thioether (sulfide) groups is 1. The Morgan fingerprint density at radius 3 is 2.53 bits per heavy atom. The molecule has 9 nitrogen and oxygen atoms in total. The van der Waals surface area contributed by atoms with E-state index in [-0.39, 0.29) is 28.9 Å². The lowest BCUT2D eigenvalue weighted by Gasteiger charge is -2.36. The Balaban J connectivity index is 1.86. The van der Waals surface area contributed by atoms with Gasteiger partial charge in [-0.25, -0.2) is 0 Å². The topological polar surface area (TPSA) is 104 Å². The molecule has 1 fully saturated rings. The number of fused-ring (bicyclic) bond motifs is 1. The summed E-state index contributed by atoms with van der Waals surface area (Å²) in [7, 11) is 4.64. The number of nitrogens with one attached hydrogen (secondary N) is 2. The fourth-order valence-electron chi connectivity index (χ4n) is 4.51. The van der Waals surface area contributed by atoms with E-state index in [4.69, 9.17) is 18.9 Å². The first-order valence-electron chi connectivity index (χ1n) is 10.5. The largest absolute Gasteiger partial charge is 0.493 e. The number of nitrogens with zero attached hydrogens (tertiary/aromatic N) is 1. The van der Waals surface area contributed by atoms with Crippen molar-refractivity contribution in [1.82, 2.24) is 9.78 Å². The van der Waals surface area contributed by atoms with E-state index in [1.165, 1.54) is 18.9 Å². The number of methoxy groups -OCH3 is 3. The maximum absolute atomic E-state index is 13.2. The molecule has 2 atom stereocenters. The SMILES string of the molecule is COc1ccc([C@@H]2SCC(=O)Nc3c2c(=O)[nH]n3[C@@H]2CCOC(C)(C)C2)c(OC)c1OC. The summed E-state index contributed by atoms with van der Waals surface area (Å²) in [4.78, 5) is 25.9. The highest BCUT2D eigenvalue weighted by Gasteiger charge is 2.37. The van der Waals surface area contributed by atoms with Gasteiger partial charge in [0.15, 0.2) is 11.5 Å². The van der Waals surface area contributed by atoms with Gasteiger partial charge in [0.2, 0.25) is 11.7 Å². The van der Waals surface area contributed by atoms with E-state index in [1.54, 1.807) is 20.3 Å². The van der Waals surface area contributed by atoms with Crippen LogP contribution in [0.4, 0.5) is 5.82 Å². The van der Waals surface area contributed by atoms with Crippen LogP contribution in [0.25, 0.3) is 0 Å². The maximum atomic E-state index is 13.2. The molecule has 174 valence electrons. The molecule has 4 rings (SSSR count). The fourth-order valence-corrected chi connectivity index (χ4v) is 5.65. The first-order chi connectivity index (χ1) is 15.3. The van der Waals surface area contributed by atoms with Crippen LogP contribution in [-0.2, 0) is 9.53 Å². The molecule has 3 heterocycles. The molecule has 1 amide bonds. The second-order valence-corrected chi connectivity index (χ2v) is 9.58. The van der Waals surface area contributed by atoms with Crippen molar-refractivity contribution in [2.24, 2.45) is 0 Å². The molecule has 0 spiro atoms. The third-order valence-electron chi connectivity index (χ3n) is 5.92. The van der Waals surface area contributed by atoms with E-state index < -0.39 is 5.25 Å². The van der Waals surface area contributed by atoms with Crippen molar-refractivity contribution in [2.75, 3.05) is 39.0 Å². The maximum Gasteiger partial charge on any atom is 0.270 e. The van der Waals surface area contributed by atoms with Crippen molar-refractivity contribution in [2.45, 2.75) is 43.6 Å². The van der Waals surface area contributed by atoms with Gasteiger partial charge in [0.05, 0.1) is 49.5 Å². The third-order valence-corrected chi connectivity index (χ3v) is 7.17. The molecular formula is C22H29N3O6S. The zero-order valence-electron chi connectivity index (χ0n) is 18.9. The van der Waals surface area contributed by atoms with Gasteiger partial charge in [0, 0.05) is 12.2 Å². The van der Waals surface area contributed by atoms with E-state index in [9.17, 15) is 9.59 Å². The summed E-state index contributed by atoms with van der Waals surface area (Å²) in [5.74, 6) is 2.00. The molecule has 0 bridgehead atoms. The predicted octanol–water partition coefficient (Wildman–Crippen LogP) is 3.11. The number of amides is 1. The van der Waals surface area contributed by atoms with Crippen molar-refractivity contribution in [1.29, 1.82) is 0 Å². The highest BCUT2D eigenvalue weighted by Crippen LogP contribution is 2.49. The van der Waals surface area contributed by atoms with Crippen molar-refractivity contribution in [3.63, 3.8) is 0 Å². The summed E-state index contributed by atoms with van der Waals surface area (Å²) in [5, 5.41) is 5.51. The Morgan fingerprint density at radius 1 is 1.12 bits per heavy atom. The van der Waals surface area contributed by atoms with E-state index in [0.29, 0.717) is 35.2 Å². The molecule has 1 aromatic heterocycles. The van der Waals surface area contributed by atoms with Gasteiger partial charge in [-0.1, -0.05) is 0 Å². The van der Waals surface area contributed by atoms with Gasteiger partial charge in [0.25, 0.3) is 5.56 Å². The second kappa shape index (κ2) is 8.74. The summed E-state index contributed by atoms with van der Waals surface area (Å²) in [6.07, 6.45) is 1.46. The minimum absolute atomic E-state index is 0.00606. The summed E-state index contributed by atoms with van der Waals surface area (Å²) < 4.78 is 24.3. The van der Waals surface area contributed by atoms with Crippen LogP contribution < -0.4 is 25.1 Å². The molecule has 0 unspecified atom stereocenters. The normalized spacial score (nSPS) is 22.5. The zero-order valence-corrected chi connectivity index (χ0v) is 19.8. The van der Waals surface area contributed by atoms with Crippen LogP contribution in [0.15, 0.2) is 16.9 Å². The molecule has 32 heavy (non-hydrogen) atoms. The quantitative estimate of drug-likeness (QED) is 0.702. The molecule has 2 aliphatic heterocycles. The number of aromatic amines is 1. The lowest BCUT2D eigenvalue weighted by molar-refractivity contribution is -0.113. The highest BCUT2D eigenvalue weighted by molar-refractivity contribution is 8.00. The van der Waals surface area contributed by atoms with Crippen molar-refractivity contribution >= 4 is 23.5 Å². The number of H-pyrrole nitrogens is 1. The number of anilines is 1. The van der Waals surface area contributed by atoms with Crippen LogP contribution in [0.3, 0.4) is 0 Å². The van der Waals surface area contributed by atoms with Gasteiger partial charge in [-0.15, -0.1) is 11.8 Å². The first-order valence-corrected chi connectivity index (χ1v) is 11.5. The Bertz CT molecular complexity index is 1080. The van der Waals surface area contributed by atoms with Crippen LogP contribution in [0.2, 0.25) is 0 Å². The lowest BCUT2D eigenvalue weighted by atomic mass is 9.94. The molecule has 0 aliphatic carbocycles. The number of carbonyl (C=O) groups is 1. The molecular weight excluding hydrogens is 434 g/mol. The van der Waals surface area contributed by atoms with Crippen molar-refractivity contribution in [3.05, 3.63) is 33.6 Å². The smallest absolute Gasteiger partial charge is 0.270 e. The number of hydrogen-bond donors (Lipinski definition) is 2. The Kier molecular flexibility index (Phi) is 6.17. The van der Waals surface area contributed by atoms with Crippen LogP contribution >= 0.6 is 11.8 Å². The molecule has 1 saturated heterocycles. The van der Waals surface area contributed by atoms with Gasteiger partial charge in [-0.3, -0.25) is 19.4 Å². The van der Waals surface area contributed by atoms with Gasteiger partial charge in [0.1, 0.15) is 5.82 Å². The molecule has 10 heteroatoms. The van der Waals surface area contributed by atoms with Crippen LogP contribution in [0.1, 0.15) is 49.1 Å². The summed E-state index contributed by atoms with van der Waals surface area (Å²) >= 11 is 1.38. The van der Waals surface area contributed by atoms with Crippen LogP contribution in [0.5, 0.6) is 17.2 Å². The first kappa shape index (κ1) is 22.6. The third kappa shape index (κ3) is 3.97. The Hall–Kier alpha value is -2.59. The molecule has 0 radical (unpaired) electrons. The fraction of sp³-hybridized carbons (Fsp3) is 0.545. The zero-order chi connectivity index (χ0) is 23.0. The average Bonchev–Trinajstić information content (AvgIpc) is 2.97. The Morgan fingerprint density at radius 2 is 1.88 bits per heavy atom. The highest BCUT2D eigenvalue weighted by atomic mass is 32.2. The molecule has 0 saturated carbocycles. The van der Waals surface area contributed by atoms with E-state index in [0.717, 1.165) is 18.4 Å². The van der Waals surface area contributed by atoms with Crippen molar-refractivity contribution in [3.8, 4) is 17.2 Å². The number of carbonyl (C=O) groups excluding carboxylic acids is 1. The number of rotatable bonds is 5. The van der Waals surface area contributed by atoms with Gasteiger partial charge < -0.3 is 24.3 Å². The second-order valence-electron chi connectivity index (χ2n) is 8.49. The summed E-state index contributed by atoms with van der Waals surface area (Å²) in [5.41, 5.74) is 0.687. The van der Waals surface area contributed by atoms with Gasteiger partial charge in [-0.05, 0) is 38.8 Å². The van der Waals surface area contributed by atoms with E-state index >= 15 is 0 Å². The van der Waals surface area contributed by atoms with Gasteiger partial charge >= 0.3 is 0 Å². The summed E-state index contributed by atoms with van der Waals surface area (Å²) in [6, 6.07) is 3.64. The standard InChI is InChI=1S/C22H29N3O6S/c1-22(2)10-12(8-9-31-22)25-20-16(21(27)24-25)19(32-11-15(26)23-20)13-6-7-14(28-3)18(30-5)17(13)29-4/h6-7,12,19H,8-11H2,1-5H3,(H,23,26)(H,24,27)/t12-,19+/m1/s1. The lowest BCUT2D eigenvalue weighted by Crippen LogP contribution is -2.36. The number of ether oxygens (including phenoxy) is 4. The van der Waals surface area contributed by atoms with E-state index in [1.807, 2.05) is 24.6 Å². The summed E-state index contributed by atoms with van der Waals surface area (Å²) in [6.45, 7) is 4.65. The molecule has 2 aromatic rings. The van der Waals surface area contributed by atoms with Crippen LogP contribution in [0, 0.1) is 0 Å². The Labute approximate surface area is 190 Å². The molecule has 2 N–H and O–H groups in total. The van der Waals surface area contributed by atoms with Gasteiger partial charge in [-0.2, -0.15) is 0 Å². The van der Waals surface area contributed by atoms with Crippen molar-refractivity contribution < 1.29 is 23.7 Å². The van der Waals surface area contributed by atoms with E-state index in [2.05, 4.69) is 10.4 Å². The minimum atomic E-state index is -0.434. The number of benzene rings is 1. The number of hydrogen-bond acceptors (Lipinski definition) is 7. The van der Waals surface area contributed by atoms with Crippen LogP contribution in [-0.4, -0.2) is 55.0 Å². The predicted molar refractivity (Wildman–Crippen MR) is 122 cm³/mol. The minimum Gasteiger partial charge on any atom is -0.493 e. The monoisotopic (exact) mass is 463 g/mol. The molecule has 2 aliphatic rings.